The van der Waals surface area contributed by atoms with Crippen LogP contribution >= 0.6 is 0 Å². The highest BCUT2D eigenvalue weighted by Crippen LogP contribution is 2.49. The summed E-state index contributed by atoms with van der Waals surface area (Å²) < 4.78 is 45.7. The predicted octanol–water partition coefficient (Wildman–Crippen LogP) is 20.5. The minimum absolute atomic E-state index is 0.192. The Morgan fingerprint density at radius 1 is 0.439 bits per heavy atom. The molecule has 1 unspecified atom stereocenters. The van der Waals surface area contributed by atoms with Crippen molar-refractivity contribution in [2.75, 3.05) is 0 Å². The van der Waals surface area contributed by atoms with Crippen LogP contribution in [0.2, 0.25) is 0 Å². The van der Waals surface area contributed by atoms with E-state index in [2.05, 4.69) is 230 Å². The van der Waals surface area contributed by atoms with Crippen LogP contribution in [0.25, 0.3) is 110 Å². The molecule has 0 aliphatic carbocycles. The van der Waals surface area contributed by atoms with E-state index in [-0.39, 0.29) is 6.04 Å². The Kier molecular flexibility index (Phi) is 12.3. The van der Waals surface area contributed by atoms with Crippen LogP contribution in [0.15, 0.2) is 224 Å². The molecule has 4 heterocycles. The minimum atomic E-state index is -0.392. The van der Waals surface area contributed by atoms with Crippen molar-refractivity contribution in [2.24, 2.45) is 0 Å². The fourth-order valence-corrected chi connectivity index (χ4v) is 13.7. The number of hydrogen-bond donors (Lipinski definition) is 0. The van der Waals surface area contributed by atoms with E-state index in [4.69, 9.17) is 6.58 Å². The number of benzene rings is 10. The van der Waals surface area contributed by atoms with Crippen LogP contribution in [0, 0.1) is 39.3 Å². The van der Waals surface area contributed by atoms with Gasteiger partial charge in [-0.3, -0.25) is 0 Å². The first-order valence-electron chi connectivity index (χ1n) is 28.6. The second kappa shape index (κ2) is 19.9. The molecule has 0 aliphatic heterocycles. The SMILES string of the molecule is C=C(/C(=C(\C(CC(C)n1c2ccccc2c2ccccc21)=C(/C)n1c2ccc(C)cc2c2cc(C)ccc21)c1ccccc1F)n1c2ccc(C)cc2c2cc(C)ccc21)c1c(F)cccc1CCn1c2ccccc2c2ccccc21. The summed E-state index contributed by atoms with van der Waals surface area (Å²) in [7, 11) is 0. The summed E-state index contributed by atoms with van der Waals surface area (Å²) in [5.74, 6) is -0.782. The molecule has 400 valence electrons. The normalized spacial score (nSPS) is 13.2. The highest BCUT2D eigenvalue weighted by Gasteiger charge is 2.31. The van der Waals surface area contributed by atoms with E-state index in [0.29, 0.717) is 47.4 Å². The van der Waals surface area contributed by atoms with Crippen molar-refractivity contribution in [1.29, 1.82) is 0 Å². The molecule has 4 aromatic heterocycles. The van der Waals surface area contributed by atoms with E-state index >= 15 is 8.78 Å². The highest BCUT2D eigenvalue weighted by molar-refractivity contribution is 6.21. The highest BCUT2D eigenvalue weighted by atomic mass is 19.1. The van der Waals surface area contributed by atoms with Crippen molar-refractivity contribution in [2.45, 2.75) is 67.0 Å². The third-order valence-corrected chi connectivity index (χ3v) is 17.4. The Balaban J connectivity index is 1.12. The van der Waals surface area contributed by atoms with Gasteiger partial charge in [-0.15, -0.1) is 0 Å². The first-order valence-corrected chi connectivity index (χ1v) is 28.6. The van der Waals surface area contributed by atoms with E-state index in [0.717, 1.165) is 105 Å². The van der Waals surface area contributed by atoms with Crippen LogP contribution in [0.4, 0.5) is 8.78 Å². The molecular formula is C76H62F2N4. The molecular weight excluding hydrogens is 1010 g/mol. The van der Waals surface area contributed by atoms with Gasteiger partial charge in [0.05, 0.1) is 27.8 Å². The zero-order valence-electron chi connectivity index (χ0n) is 47.2. The van der Waals surface area contributed by atoms with Crippen LogP contribution in [-0.2, 0) is 13.0 Å². The average Bonchev–Trinajstić information content (AvgIpc) is 3.88. The van der Waals surface area contributed by atoms with Crippen molar-refractivity contribution < 1.29 is 8.78 Å². The molecule has 0 saturated heterocycles. The van der Waals surface area contributed by atoms with Crippen molar-refractivity contribution in [3.63, 3.8) is 0 Å². The summed E-state index contributed by atoms with van der Waals surface area (Å²) >= 11 is 0. The Morgan fingerprint density at radius 3 is 1.34 bits per heavy atom. The fourth-order valence-electron chi connectivity index (χ4n) is 13.7. The van der Waals surface area contributed by atoms with Gasteiger partial charge in [0.2, 0.25) is 0 Å². The second-order valence-electron chi connectivity index (χ2n) is 22.7. The maximum absolute atomic E-state index is 18.1. The first-order chi connectivity index (χ1) is 39.9. The molecule has 0 fully saturated rings. The van der Waals surface area contributed by atoms with Crippen molar-refractivity contribution in [3.8, 4) is 0 Å². The van der Waals surface area contributed by atoms with Crippen LogP contribution in [0.3, 0.4) is 0 Å². The topological polar surface area (TPSA) is 19.7 Å². The summed E-state index contributed by atoms with van der Waals surface area (Å²) in [6.07, 6.45) is 0.941. The standard InChI is InChI=1S/C76H62F2N4/c1-46-31-35-70-60(41-46)61-42-47(2)32-36-71(61)81(70)52(7)59(45-50(5)80-68-29-16-11-22-56(68)57-23-12-17-30-69(57)80)75(58-24-8-13-25-64(58)77)76(82-72-37-33-48(3)43-62(72)63-44-49(4)34-38-73(63)82)51(6)74-53(19-18-26-65(74)78)39-40-79-66-27-14-9-20-54(66)55-21-10-15-28-67(55)79/h8-38,41-44,50H,6,39-40,45H2,1-5,7H3/b59-52+,76-75+. The van der Waals surface area contributed by atoms with Gasteiger partial charge in [0.1, 0.15) is 11.6 Å². The molecule has 10 aromatic carbocycles. The number of hydrogen-bond acceptors (Lipinski definition) is 0. The van der Waals surface area contributed by atoms with E-state index < -0.39 is 11.6 Å². The van der Waals surface area contributed by atoms with Gasteiger partial charge in [-0.25, -0.2) is 8.78 Å². The van der Waals surface area contributed by atoms with E-state index in [9.17, 15) is 0 Å². The Morgan fingerprint density at radius 2 is 0.854 bits per heavy atom. The number of fused-ring (bicyclic) bond motifs is 12. The quantitative estimate of drug-likeness (QED) is 0.109. The third kappa shape index (κ3) is 8.14. The average molecular weight is 1070 g/mol. The molecule has 0 amide bonds. The minimum Gasteiger partial charge on any atom is -0.340 e. The van der Waals surface area contributed by atoms with Crippen LogP contribution < -0.4 is 0 Å². The molecule has 82 heavy (non-hydrogen) atoms. The van der Waals surface area contributed by atoms with Gasteiger partial charge in [-0.1, -0.05) is 156 Å². The van der Waals surface area contributed by atoms with Crippen LogP contribution in [0.1, 0.15) is 65.3 Å². The lowest BCUT2D eigenvalue weighted by Crippen LogP contribution is -2.14. The maximum atomic E-state index is 18.1. The van der Waals surface area contributed by atoms with Gasteiger partial charge in [-0.2, -0.15) is 0 Å². The number of rotatable bonds is 12. The van der Waals surface area contributed by atoms with Gasteiger partial charge in [-0.05, 0) is 150 Å². The molecule has 1 atom stereocenters. The summed E-state index contributed by atoms with van der Waals surface area (Å²) in [6, 6.07) is 73.2. The molecule has 0 radical (unpaired) electrons. The van der Waals surface area contributed by atoms with Crippen molar-refractivity contribution in [1.82, 2.24) is 18.3 Å². The zero-order chi connectivity index (χ0) is 56.1. The van der Waals surface area contributed by atoms with Gasteiger partial charge < -0.3 is 18.3 Å². The molecule has 4 nitrogen and oxygen atoms in total. The molecule has 0 bridgehead atoms. The van der Waals surface area contributed by atoms with E-state index in [1.54, 1.807) is 18.2 Å². The number of nitrogens with zero attached hydrogens (tertiary/aromatic N) is 4. The van der Waals surface area contributed by atoms with E-state index in [1.165, 1.54) is 21.5 Å². The van der Waals surface area contributed by atoms with Crippen molar-refractivity contribution in [3.05, 3.63) is 275 Å². The molecule has 0 aliphatic rings. The maximum Gasteiger partial charge on any atom is 0.131 e. The lowest BCUT2D eigenvalue weighted by Gasteiger charge is -2.29. The largest absolute Gasteiger partial charge is 0.340 e. The number of halogens is 2. The molecule has 14 rings (SSSR count). The van der Waals surface area contributed by atoms with Crippen LogP contribution in [-0.4, -0.2) is 18.3 Å². The molecule has 14 aromatic rings. The summed E-state index contributed by atoms with van der Waals surface area (Å²) in [6.45, 7) is 18.7. The smallest absolute Gasteiger partial charge is 0.131 e. The Labute approximate surface area is 476 Å². The fraction of sp³-hybridized carbons (Fsp3) is 0.132. The van der Waals surface area contributed by atoms with Gasteiger partial charge in [0.15, 0.2) is 0 Å². The van der Waals surface area contributed by atoms with Crippen molar-refractivity contribution >= 4 is 110 Å². The molecule has 0 saturated carbocycles. The van der Waals surface area contributed by atoms with Crippen LogP contribution in [0.5, 0.6) is 0 Å². The Bertz CT molecular complexity index is 4800. The Hall–Kier alpha value is -9.52. The second-order valence-corrected chi connectivity index (χ2v) is 22.7. The summed E-state index contributed by atoms with van der Waals surface area (Å²) in [5.41, 5.74) is 18.1. The summed E-state index contributed by atoms with van der Waals surface area (Å²) in [5, 5.41) is 9.07. The monoisotopic (exact) mass is 1070 g/mol. The van der Waals surface area contributed by atoms with Gasteiger partial charge >= 0.3 is 0 Å². The molecule has 6 heteroatoms. The molecule has 0 spiro atoms. The third-order valence-electron chi connectivity index (χ3n) is 17.4. The molecule has 0 N–H and O–H groups in total. The number of allylic oxidation sites excluding steroid dienone is 5. The lowest BCUT2D eigenvalue weighted by atomic mass is 9.85. The van der Waals surface area contributed by atoms with E-state index in [1.807, 2.05) is 24.3 Å². The lowest BCUT2D eigenvalue weighted by molar-refractivity contribution is 0.580. The van der Waals surface area contributed by atoms with Gasteiger partial charge in [0, 0.05) is 106 Å². The summed E-state index contributed by atoms with van der Waals surface area (Å²) in [4.78, 5) is 0. The predicted molar refractivity (Wildman–Crippen MR) is 344 cm³/mol. The van der Waals surface area contributed by atoms with Gasteiger partial charge in [0.25, 0.3) is 0 Å². The number of para-hydroxylation sites is 4. The zero-order valence-corrected chi connectivity index (χ0v) is 47.2. The number of aryl methyl sites for hydroxylation is 6. The first kappa shape index (κ1) is 50.7. The number of aromatic nitrogens is 4.